The first-order chi connectivity index (χ1) is 10.3. The number of aromatic hydroxyl groups is 1. The Morgan fingerprint density at radius 1 is 1.19 bits per heavy atom. The normalized spacial score (nSPS) is 18.0. The number of phenols is 1. The van der Waals surface area contributed by atoms with Crippen molar-refractivity contribution in [2.24, 2.45) is 0 Å². The molecule has 2 aromatic rings. The van der Waals surface area contributed by atoms with E-state index in [1.54, 1.807) is 12.1 Å². The Labute approximate surface area is 125 Å². The number of rotatable bonds is 5. The van der Waals surface area contributed by atoms with Crippen molar-refractivity contribution < 1.29 is 9.84 Å². The van der Waals surface area contributed by atoms with Crippen LogP contribution in [0.4, 0.5) is 0 Å². The van der Waals surface area contributed by atoms with Crippen molar-refractivity contribution in [2.45, 2.75) is 31.9 Å². The fraction of sp³-hybridized carbons (Fsp3) is 0.333. The maximum Gasteiger partial charge on any atom is 0.123 e. The molecule has 0 radical (unpaired) electrons. The van der Waals surface area contributed by atoms with Crippen molar-refractivity contribution in [1.29, 1.82) is 0 Å². The number of nitrogens with one attached hydrogen (secondary N) is 1. The largest absolute Gasteiger partial charge is 0.508 e. The summed E-state index contributed by atoms with van der Waals surface area (Å²) in [5.41, 5.74) is 2.49. The third kappa shape index (κ3) is 3.19. The van der Waals surface area contributed by atoms with Crippen molar-refractivity contribution >= 4 is 0 Å². The summed E-state index contributed by atoms with van der Waals surface area (Å²) in [7, 11) is 0. The molecule has 21 heavy (non-hydrogen) atoms. The van der Waals surface area contributed by atoms with Crippen molar-refractivity contribution in [2.75, 3.05) is 6.54 Å². The molecule has 2 atom stereocenters. The Hall–Kier alpha value is -2.00. The highest BCUT2D eigenvalue weighted by Gasteiger charge is 2.29. The summed E-state index contributed by atoms with van der Waals surface area (Å²) in [6.07, 6.45) is 2.01. The van der Waals surface area contributed by atoms with Crippen LogP contribution < -0.4 is 10.1 Å². The summed E-state index contributed by atoms with van der Waals surface area (Å²) < 4.78 is 6.11. The average molecular weight is 283 g/mol. The minimum Gasteiger partial charge on any atom is -0.508 e. The van der Waals surface area contributed by atoms with Gasteiger partial charge in [0.05, 0.1) is 0 Å². The molecule has 1 aliphatic heterocycles. The average Bonchev–Trinajstić information content (AvgIpc) is 2.93. The van der Waals surface area contributed by atoms with E-state index >= 15 is 0 Å². The first-order valence-corrected chi connectivity index (χ1v) is 7.52. The van der Waals surface area contributed by atoms with E-state index in [1.165, 1.54) is 11.1 Å². The van der Waals surface area contributed by atoms with Gasteiger partial charge in [-0.2, -0.15) is 0 Å². The lowest BCUT2D eigenvalue weighted by molar-refractivity contribution is 0.178. The molecule has 0 fully saturated rings. The van der Waals surface area contributed by atoms with E-state index in [0.717, 1.165) is 25.1 Å². The molecule has 2 aromatic carbocycles. The van der Waals surface area contributed by atoms with Gasteiger partial charge in [0.2, 0.25) is 0 Å². The maximum atomic E-state index is 9.38. The van der Waals surface area contributed by atoms with Gasteiger partial charge in [-0.05, 0) is 42.3 Å². The fourth-order valence-electron chi connectivity index (χ4n) is 2.92. The monoisotopic (exact) mass is 283 g/mol. The van der Waals surface area contributed by atoms with Crippen LogP contribution >= 0.6 is 0 Å². The molecular formula is C18H21NO2. The SMILES string of the molecule is CCNC(Cc1ccc(O)cc1)C1Cc2ccccc2O1. The summed E-state index contributed by atoms with van der Waals surface area (Å²) in [5.74, 6) is 1.32. The number of para-hydroxylation sites is 1. The molecule has 1 heterocycles. The van der Waals surface area contributed by atoms with Gasteiger partial charge < -0.3 is 15.2 Å². The molecule has 2 N–H and O–H groups in total. The Balaban J connectivity index is 1.72. The Bertz CT molecular complexity index is 569. The lowest BCUT2D eigenvalue weighted by atomic mass is 9.98. The predicted molar refractivity (Wildman–Crippen MR) is 83.8 cm³/mol. The second-order valence-electron chi connectivity index (χ2n) is 5.50. The van der Waals surface area contributed by atoms with Gasteiger partial charge in [-0.1, -0.05) is 37.3 Å². The predicted octanol–water partition coefficient (Wildman–Crippen LogP) is 2.92. The molecule has 0 bridgehead atoms. The van der Waals surface area contributed by atoms with Crippen molar-refractivity contribution in [3.8, 4) is 11.5 Å². The third-order valence-electron chi connectivity index (χ3n) is 3.98. The molecule has 0 amide bonds. The van der Waals surface area contributed by atoms with Gasteiger partial charge >= 0.3 is 0 Å². The van der Waals surface area contributed by atoms with Gasteiger partial charge in [-0.3, -0.25) is 0 Å². The molecule has 3 nitrogen and oxygen atoms in total. The van der Waals surface area contributed by atoms with E-state index in [-0.39, 0.29) is 12.1 Å². The number of benzene rings is 2. The molecule has 0 spiro atoms. The number of hydrogen-bond donors (Lipinski definition) is 2. The second-order valence-corrected chi connectivity index (χ2v) is 5.50. The van der Waals surface area contributed by atoms with Crippen molar-refractivity contribution in [3.05, 3.63) is 59.7 Å². The smallest absolute Gasteiger partial charge is 0.123 e. The summed E-state index contributed by atoms with van der Waals surface area (Å²) >= 11 is 0. The standard InChI is InChI=1S/C18H21NO2/c1-2-19-16(11-13-7-9-15(20)10-8-13)18-12-14-5-3-4-6-17(14)21-18/h3-10,16,18-20H,2,11-12H2,1H3. The number of phenolic OH excluding ortho intramolecular Hbond substituents is 1. The van der Waals surface area contributed by atoms with E-state index in [0.29, 0.717) is 5.75 Å². The van der Waals surface area contributed by atoms with Gasteiger partial charge in [0.25, 0.3) is 0 Å². The molecule has 0 aliphatic carbocycles. The van der Waals surface area contributed by atoms with Crippen LogP contribution in [0.15, 0.2) is 48.5 Å². The minimum absolute atomic E-state index is 0.163. The van der Waals surface area contributed by atoms with Gasteiger partial charge in [0, 0.05) is 12.5 Å². The zero-order valence-corrected chi connectivity index (χ0v) is 12.3. The van der Waals surface area contributed by atoms with Crippen LogP contribution in [0.25, 0.3) is 0 Å². The molecule has 0 aromatic heterocycles. The van der Waals surface area contributed by atoms with Crippen molar-refractivity contribution in [1.82, 2.24) is 5.32 Å². The maximum absolute atomic E-state index is 9.38. The molecule has 110 valence electrons. The van der Waals surface area contributed by atoms with E-state index < -0.39 is 0 Å². The molecule has 1 aliphatic rings. The zero-order valence-electron chi connectivity index (χ0n) is 12.3. The van der Waals surface area contributed by atoms with Crippen LogP contribution in [0.3, 0.4) is 0 Å². The van der Waals surface area contributed by atoms with Gasteiger partial charge in [0.1, 0.15) is 17.6 Å². The lowest BCUT2D eigenvalue weighted by Gasteiger charge is -2.24. The number of fused-ring (bicyclic) bond motifs is 1. The van der Waals surface area contributed by atoms with Gasteiger partial charge in [-0.15, -0.1) is 0 Å². The van der Waals surface area contributed by atoms with Crippen molar-refractivity contribution in [3.63, 3.8) is 0 Å². The second kappa shape index (κ2) is 6.19. The van der Waals surface area contributed by atoms with Crippen LogP contribution in [0.5, 0.6) is 11.5 Å². The molecule has 3 rings (SSSR count). The lowest BCUT2D eigenvalue weighted by Crippen LogP contribution is -2.44. The summed E-state index contributed by atoms with van der Waals surface area (Å²) in [4.78, 5) is 0. The number of ether oxygens (including phenoxy) is 1. The Kier molecular flexibility index (Phi) is 4.11. The quantitative estimate of drug-likeness (QED) is 0.886. The summed E-state index contributed by atoms with van der Waals surface area (Å²) in [6, 6.07) is 16.0. The fourth-order valence-corrected chi connectivity index (χ4v) is 2.92. The van der Waals surface area contributed by atoms with Crippen LogP contribution in [0.2, 0.25) is 0 Å². The molecule has 0 saturated heterocycles. The summed E-state index contributed by atoms with van der Waals surface area (Å²) in [6.45, 7) is 3.03. The molecular weight excluding hydrogens is 262 g/mol. The highest BCUT2D eigenvalue weighted by molar-refractivity contribution is 5.38. The van der Waals surface area contributed by atoms with E-state index in [2.05, 4.69) is 24.4 Å². The highest BCUT2D eigenvalue weighted by Crippen LogP contribution is 2.30. The first-order valence-electron chi connectivity index (χ1n) is 7.52. The zero-order chi connectivity index (χ0) is 14.7. The topological polar surface area (TPSA) is 41.5 Å². The molecule has 3 heteroatoms. The van der Waals surface area contributed by atoms with Crippen LogP contribution in [-0.4, -0.2) is 23.8 Å². The van der Waals surface area contributed by atoms with Crippen LogP contribution in [0, 0.1) is 0 Å². The molecule has 0 saturated carbocycles. The Morgan fingerprint density at radius 2 is 1.95 bits per heavy atom. The number of likely N-dealkylation sites (N-methyl/N-ethyl adjacent to an activating group) is 1. The third-order valence-corrected chi connectivity index (χ3v) is 3.98. The van der Waals surface area contributed by atoms with E-state index in [9.17, 15) is 5.11 Å². The minimum atomic E-state index is 0.163. The highest BCUT2D eigenvalue weighted by atomic mass is 16.5. The first kappa shape index (κ1) is 14.0. The molecule has 2 unspecified atom stereocenters. The summed E-state index contributed by atoms with van der Waals surface area (Å²) in [5, 5.41) is 12.9. The van der Waals surface area contributed by atoms with E-state index in [4.69, 9.17) is 4.74 Å². The van der Waals surface area contributed by atoms with Crippen LogP contribution in [-0.2, 0) is 12.8 Å². The Morgan fingerprint density at radius 3 is 2.67 bits per heavy atom. The van der Waals surface area contributed by atoms with Gasteiger partial charge in [-0.25, -0.2) is 0 Å². The van der Waals surface area contributed by atoms with Gasteiger partial charge in [0.15, 0.2) is 0 Å². The van der Waals surface area contributed by atoms with E-state index in [1.807, 2.05) is 24.3 Å². The van der Waals surface area contributed by atoms with Crippen LogP contribution in [0.1, 0.15) is 18.1 Å². The number of hydrogen-bond acceptors (Lipinski definition) is 3.